The first-order chi connectivity index (χ1) is 13.8. The van der Waals surface area contributed by atoms with Gasteiger partial charge in [-0.05, 0) is 47.7 Å². The maximum Gasteiger partial charge on any atom is 0.0963 e. The monoisotopic (exact) mass is 371 g/mol. The molecule has 0 unspecified atom stereocenters. The molecule has 3 heterocycles. The predicted octanol–water partition coefficient (Wildman–Crippen LogP) is 4.54. The van der Waals surface area contributed by atoms with Crippen LogP contribution in [0.25, 0.3) is 11.8 Å². The summed E-state index contributed by atoms with van der Waals surface area (Å²) in [6.45, 7) is 7.65. The highest BCUT2D eigenvalue weighted by atomic mass is 16.5. The highest BCUT2D eigenvalue weighted by Crippen LogP contribution is 2.44. The number of rotatable bonds is 4. The number of benzene rings is 2. The maximum absolute atomic E-state index is 6.33. The molecule has 1 fully saturated rings. The fourth-order valence-corrected chi connectivity index (χ4v) is 4.47. The topological polar surface area (TPSA) is 30.3 Å². The van der Waals surface area contributed by atoms with E-state index < -0.39 is 0 Å². The number of fused-ring (bicyclic) bond motifs is 2. The molecule has 1 aromatic heterocycles. The number of aromatic nitrogens is 2. The van der Waals surface area contributed by atoms with Gasteiger partial charge in [0.2, 0.25) is 0 Å². The minimum atomic E-state index is -0.112. The Morgan fingerprint density at radius 2 is 1.93 bits per heavy atom. The van der Waals surface area contributed by atoms with Crippen LogP contribution in [0.15, 0.2) is 67.5 Å². The van der Waals surface area contributed by atoms with Gasteiger partial charge >= 0.3 is 0 Å². The molecule has 2 aliphatic heterocycles. The zero-order valence-electron chi connectivity index (χ0n) is 16.1. The van der Waals surface area contributed by atoms with Crippen LogP contribution in [0.1, 0.15) is 35.1 Å². The summed E-state index contributed by atoms with van der Waals surface area (Å²) in [6, 6.07) is 16.9. The van der Waals surface area contributed by atoms with E-state index in [0.717, 1.165) is 44.8 Å². The lowest BCUT2D eigenvalue weighted by Crippen LogP contribution is -2.42. The minimum absolute atomic E-state index is 0.112. The van der Waals surface area contributed by atoms with Gasteiger partial charge < -0.3 is 4.74 Å². The molecule has 142 valence electrons. The Hall–Kier alpha value is -2.69. The van der Waals surface area contributed by atoms with Crippen LogP contribution >= 0.6 is 0 Å². The second-order valence-electron chi connectivity index (χ2n) is 7.81. The Balaban J connectivity index is 1.27. The molecule has 0 bridgehead atoms. The number of hydrogen-bond donors (Lipinski definition) is 0. The standard InChI is InChI=1S/C24H25N3O/c1-2-19-8-9-21-18-28-24(23(21)14-19)10-12-26(13-11-24)16-20-15-25-27(17-20)22-6-4-3-5-7-22/h2-9,14-15,17H,1,10-13,16,18H2. The molecule has 2 aliphatic rings. The Morgan fingerprint density at radius 1 is 1.11 bits per heavy atom. The SMILES string of the molecule is C=Cc1ccc2c(c1)C1(CCN(Cc3cnn(-c4ccccc4)c3)CC1)OC2. The number of hydrogen-bond acceptors (Lipinski definition) is 3. The summed E-state index contributed by atoms with van der Waals surface area (Å²) in [5, 5.41) is 4.53. The predicted molar refractivity (Wildman–Crippen MR) is 111 cm³/mol. The number of likely N-dealkylation sites (tertiary alicyclic amines) is 1. The molecule has 4 nitrogen and oxygen atoms in total. The van der Waals surface area contributed by atoms with Crippen molar-refractivity contribution in [2.24, 2.45) is 0 Å². The van der Waals surface area contributed by atoms with Crippen LogP contribution in [-0.4, -0.2) is 27.8 Å². The van der Waals surface area contributed by atoms with E-state index in [1.807, 2.05) is 35.2 Å². The third-order valence-electron chi connectivity index (χ3n) is 6.09. The van der Waals surface area contributed by atoms with Gasteiger partial charge in [0.25, 0.3) is 0 Å². The molecule has 0 aliphatic carbocycles. The van der Waals surface area contributed by atoms with E-state index in [1.54, 1.807) is 0 Å². The van der Waals surface area contributed by atoms with E-state index in [0.29, 0.717) is 0 Å². The van der Waals surface area contributed by atoms with Crippen LogP contribution < -0.4 is 0 Å². The van der Waals surface area contributed by atoms with Crippen molar-refractivity contribution in [2.45, 2.75) is 31.6 Å². The summed E-state index contributed by atoms with van der Waals surface area (Å²) < 4.78 is 8.29. The Morgan fingerprint density at radius 3 is 2.71 bits per heavy atom. The van der Waals surface area contributed by atoms with Crippen molar-refractivity contribution in [3.63, 3.8) is 0 Å². The van der Waals surface area contributed by atoms with Gasteiger partial charge in [0, 0.05) is 31.4 Å². The zero-order chi connectivity index (χ0) is 19.0. The average Bonchev–Trinajstić information content (AvgIpc) is 3.36. The molecule has 28 heavy (non-hydrogen) atoms. The molecule has 2 aromatic carbocycles. The first-order valence-corrected chi connectivity index (χ1v) is 9.97. The quantitative estimate of drug-likeness (QED) is 0.675. The molecule has 0 amide bonds. The van der Waals surface area contributed by atoms with Crippen molar-refractivity contribution in [1.29, 1.82) is 0 Å². The first kappa shape index (κ1) is 17.4. The largest absolute Gasteiger partial charge is 0.365 e. The van der Waals surface area contributed by atoms with E-state index in [-0.39, 0.29) is 5.60 Å². The second kappa shape index (κ2) is 7.04. The van der Waals surface area contributed by atoms with Crippen molar-refractivity contribution < 1.29 is 4.74 Å². The summed E-state index contributed by atoms with van der Waals surface area (Å²) >= 11 is 0. The van der Waals surface area contributed by atoms with Gasteiger partial charge in [-0.1, -0.05) is 43.0 Å². The maximum atomic E-state index is 6.33. The van der Waals surface area contributed by atoms with Gasteiger partial charge in [-0.25, -0.2) is 4.68 Å². The molecular weight excluding hydrogens is 346 g/mol. The van der Waals surface area contributed by atoms with Crippen molar-refractivity contribution in [2.75, 3.05) is 13.1 Å². The minimum Gasteiger partial charge on any atom is -0.365 e. The van der Waals surface area contributed by atoms with Gasteiger partial charge in [0.1, 0.15) is 0 Å². The molecule has 1 spiro atoms. The number of nitrogens with zero attached hydrogens (tertiary/aromatic N) is 3. The summed E-state index contributed by atoms with van der Waals surface area (Å²) in [4.78, 5) is 2.51. The second-order valence-corrected chi connectivity index (χ2v) is 7.81. The molecule has 3 aromatic rings. The number of para-hydroxylation sites is 1. The summed E-state index contributed by atoms with van der Waals surface area (Å²) in [5.41, 5.74) is 6.13. The molecule has 5 rings (SSSR count). The molecule has 0 N–H and O–H groups in total. The van der Waals surface area contributed by atoms with E-state index in [4.69, 9.17) is 4.74 Å². The lowest BCUT2D eigenvalue weighted by molar-refractivity contribution is -0.0799. The van der Waals surface area contributed by atoms with Crippen molar-refractivity contribution in [3.05, 3.63) is 89.8 Å². The Bertz CT molecular complexity index is 984. The van der Waals surface area contributed by atoms with Gasteiger partial charge in [-0.15, -0.1) is 0 Å². The smallest absolute Gasteiger partial charge is 0.0963 e. The number of ether oxygens (including phenoxy) is 1. The van der Waals surface area contributed by atoms with Crippen LogP contribution in [-0.2, 0) is 23.5 Å². The van der Waals surface area contributed by atoms with Crippen molar-refractivity contribution >= 4 is 6.08 Å². The molecule has 0 radical (unpaired) electrons. The van der Waals surface area contributed by atoms with E-state index in [1.165, 1.54) is 22.3 Å². The van der Waals surface area contributed by atoms with Crippen LogP contribution in [0, 0.1) is 0 Å². The average molecular weight is 371 g/mol. The third-order valence-corrected chi connectivity index (χ3v) is 6.09. The van der Waals surface area contributed by atoms with Gasteiger partial charge in [0.05, 0.1) is 24.1 Å². The van der Waals surface area contributed by atoms with Crippen LogP contribution in [0.2, 0.25) is 0 Å². The summed E-state index contributed by atoms with van der Waals surface area (Å²) in [6.07, 6.45) is 8.11. The fraction of sp³-hybridized carbons (Fsp3) is 0.292. The van der Waals surface area contributed by atoms with E-state index in [9.17, 15) is 0 Å². The highest BCUT2D eigenvalue weighted by molar-refractivity contribution is 5.52. The third kappa shape index (κ3) is 3.09. The summed E-state index contributed by atoms with van der Waals surface area (Å²) in [5.74, 6) is 0. The highest BCUT2D eigenvalue weighted by Gasteiger charge is 2.42. The van der Waals surface area contributed by atoms with Gasteiger partial charge in [-0.3, -0.25) is 4.90 Å². The zero-order valence-corrected chi connectivity index (χ0v) is 16.1. The molecular formula is C24H25N3O. The molecule has 0 atom stereocenters. The lowest BCUT2D eigenvalue weighted by atomic mass is 9.83. The van der Waals surface area contributed by atoms with Crippen LogP contribution in [0.4, 0.5) is 0 Å². The molecule has 4 heteroatoms. The lowest BCUT2D eigenvalue weighted by Gasteiger charge is -2.39. The van der Waals surface area contributed by atoms with Crippen molar-refractivity contribution in [1.82, 2.24) is 14.7 Å². The Labute approximate surface area is 166 Å². The van der Waals surface area contributed by atoms with Gasteiger partial charge in [-0.2, -0.15) is 5.10 Å². The van der Waals surface area contributed by atoms with Gasteiger partial charge in [0.15, 0.2) is 0 Å². The molecule has 1 saturated heterocycles. The van der Waals surface area contributed by atoms with E-state index in [2.05, 4.69) is 53.1 Å². The van der Waals surface area contributed by atoms with Crippen LogP contribution in [0.3, 0.4) is 0 Å². The normalized spacial score (nSPS) is 18.3. The summed E-state index contributed by atoms with van der Waals surface area (Å²) in [7, 11) is 0. The van der Waals surface area contributed by atoms with Crippen molar-refractivity contribution in [3.8, 4) is 5.69 Å². The first-order valence-electron chi connectivity index (χ1n) is 9.97. The fourth-order valence-electron chi connectivity index (χ4n) is 4.47. The molecule has 0 saturated carbocycles. The Kier molecular flexibility index (Phi) is 4.38. The van der Waals surface area contributed by atoms with E-state index >= 15 is 0 Å². The number of piperidine rings is 1. The van der Waals surface area contributed by atoms with Crippen LogP contribution in [0.5, 0.6) is 0 Å².